The molecule has 0 aliphatic rings. The maximum absolute atomic E-state index is 7.83. The van der Waals surface area contributed by atoms with Crippen molar-refractivity contribution in [2.75, 3.05) is 0 Å². The third-order valence-corrected chi connectivity index (χ3v) is 6.04. The number of para-hydroxylation sites is 1. The van der Waals surface area contributed by atoms with Crippen LogP contribution in [0.3, 0.4) is 0 Å². The Kier molecular flexibility index (Phi) is 5.28. The summed E-state index contributed by atoms with van der Waals surface area (Å²) >= 11 is 0. The van der Waals surface area contributed by atoms with Crippen molar-refractivity contribution in [2.45, 2.75) is 13.7 Å². The van der Waals surface area contributed by atoms with Crippen molar-refractivity contribution >= 4 is 32.7 Å². The van der Waals surface area contributed by atoms with E-state index in [4.69, 9.17) is 9.60 Å². The third kappa shape index (κ3) is 4.99. The molecule has 4 nitrogen and oxygen atoms in total. The van der Waals surface area contributed by atoms with Crippen LogP contribution in [0.1, 0.15) is 20.7 Å². The van der Waals surface area contributed by atoms with Crippen molar-refractivity contribution < 1.29 is 29.7 Å². The molecule has 0 N–H and O–H groups in total. The Morgan fingerprint density at radius 2 is 1.66 bits per heavy atom. The minimum atomic E-state index is -2.55. The van der Waals surface area contributed by atoms with Crippen LogP contribution < -0.4 is 0 Å². The van der Waals surface area contributed by atoms with Crippen molar-refractivity contribution in [1.29, 1.82) is 0 Å². The van der Waals surface area contributed by atoms with Crippen molar-refractivity contribution in [2.24, 2.45) is 0 Å². The number of rotatable bonds is 2. The average Bonchev–Trinajstić information content (AvgIpc) is 3.36. The molecule has 0 spiro atoms. The van der Waals surface area contributed by atoms with Gasteiger partial charge >= 0.3 is 0 Å². The van der Waals surface area contributed by atoms with Gasteiger partial charge in [-0.15, -0.1) is 29.8 Å². The van der Waals surface area contributed by atoms with E-state index in [0.717, 1.165) is 38.9 Å². The maximum Gasteiger partial charge on any atom is 0.162 e. The van der Waals surface area contributed by atoms with Gasteiger partial charge in [0.25, 0.3) is 0 Å². The van der Waals surface area contributed by atoms with Gasteiger partial charge in [0.15, 0.2) is 5.65 Å². The van der Waals surface area contributed by atoms with Crippen molar-refractivity contribution in [3.63, 3.8) is 0 Å². The minimum Gasteiger partial charge on any atom is -0.308 e. The molecular formula is C33H24IrN4-2. The molecule has 0 amide bonds. The van der Waals surface area contributed by atoms with Gasteiger partial charge in [-0.3, -0.25) is 0 Å². The normalized spacial score (nSPS) is 14.1. The zero-order chi connectivity index (χ0) is 31.1. The molecule has 0 unspecified atom stereocenters. The topological polar surface area (TPSA) is 43.6 Å². The number of nitrogens with zero attached hydrogens (tertiary/aromatic N) is 4. The van der Waals surface area contributed by atoms with Gasteiger partial charge in [-0.25, -0.2) is 9.97 Å². The zero-order valence-electron chi connectivity index (χ0n) is 26.9. The molecule has 0 saturated carbocycles. The molecule has 0 saturated heterocycles. The number of hydrogen-bond donors (Lipinski definition) is 0. The van der Waals surface area contributed by atoms with Crippen LogP contribution in [0.2, 0.25) is 0 Å². The van der Waals surface area contributed by atoms with E-state index in [0.29, 0.717) is 16.9 Å². The summed E-state index contributed by atoms with van der Waals surface area (Å²) in [6, 6.07) is 34.5. The van der Waals surface area contributed by atoms with Crippen LogP contribution in [0, 0.1) is 25.8 Å². The van der Waals surface area contributed by atoms with Crippen molar-refractivity contribution in [1.82, 2.24) is 19.5 Å². The van der Waals surface area contributed by atoms with E-state index < -0.39 is 13.7 Å². The number of aryl methyl sites for hydroxylation is 2. The monoisotopic (exact) mass is 676 g/mol. The maximum atomic E-state index is 7.83. The Bertz CT molecular complexity index is 2120. The first kappa shape index (κ1) is 18.1. The molecule has 3 heterocycles. The van der Waals surface area contributed by atoms with Crippen LogP contribution in [0.4, 0.5) is 0 Å². The molecule has 0 fully saturated rings. The summed E-state index contributed by atoms with van der Waals surface area (Å²) in [5.74, 6) is 0. The number of benzene rings is 4. The Balaban J connectivity index is 0.000000200. The van der Waals surface area contributed by atoms with Gasteiger partial charge in [0.2, 0.25) is 0 Å². The van der Waals surface area contributed by atoms with Gasteiger partial charge < -0.3 is 9.55 Å². The van der Waals surface area contributed by atoms with Gasteiger partial charge in [0.05, 0.1) is 6.30 Å². The first-order chi connectivity index (χ1) is 21.0. The largest absolute Gasteiger partial charge is 0.308 e. The summed E-state index contributed by atoms with van der Waals surface area (Å²) < 4.78 is 55.5. The first-order valence-electron chi connectivity index (χ1n) is 15.1. The Morgan fingerprint density at radius 1 is 0.789 bits per heavy atom. The molecule has 38 heavy (non-hydrogen) atoms. The Morgan fingerprint density at radius 3 is 2.53 bits per heavy atom. The molecular weight excluding hydrogens is 645 g/mol. The van der Waals surface area contributed by atoms with E-state index in [9.17, 15) is 0 Å². The van der Waals surface area contributed by atoms with Gasteiger partial charge in [-0.05, 0) is 47.9 Å². The van der Waals surface area contributed by atoms with Gasteiger partial charge in [0, 0.05) is 40.7 Å². The molecule has 0 bridgehead atoms. The second-order valence-electron chi connectivity index (χ2n) is 8.39. The molecule has 5 heteroatoms. The van der Waals surface area contributed by atoms with E-state index in [1.54, 1.807) is 10.8 Å². The van der Waals surface area contributed by atoms with Crippen LogP contribution in [0.15, 0.2) is 110 Å². The molecule has 7 rings (SSSR count). The smallest absolute Gasteiger partial charge is 0.162 e. The van der Waals surface area contributed by atoms with Crippen LogP contribution >= 0.6 is 0 Å². The summed E-state index contributed by atoms with van der Waals surface area (Å²) in [6.45, 7) is -5.09. The van der Waals surface area contributed by atoms with Gasteiger partial charge in [0.1, 0.15) is 6.89 Å². The predicted octanol–water partition coefficient (Wildman–Crippen LogP) is 7.69. The molecule has 0 atom stereocenters. The van der Waals surface area contributed by atoms with Crippen molar-refractivity contribution in [3.8, 4) is 16.9 Å². The standard InChI is InChI=1S/C21H16N.C12H8N3.Ir/c1-14-11-21(22-13-15(14)2)18-10-9-17-8-7-16-5-3-4-6-19(16)20(17)12-18;1-2-5-10(6-3-1)15-9-14-11-7-4-8-13-12(11)15;/h3-9,11-13H,1-2H3;1-5,7-9H;/q2*-1;/i1D3,2D3;9D;. The molecule has 0 aliphatic carbocycles. The first-order valence-corrected chi connectivity index (χ1v) is 11.6. The molecule has 0 aliphatic heterocycles. The van der Waals surface area contributed by atoms with E-state index >= 15 is 0 Å². The van der Waals surface area contributed by atoms with E-state index in [1.165, 1.54) is 6.07 Å². The fourth-order valence-corrected chi connectivity index (χ4v) is 4.18. The molecule has 7 aromatic rings. The third-order valence-electron chi connectivity index (χ3n) is 6.04. The van der Waals surface area contributed by atoms with Crippen LogP contribution in [-0.2, 0) is 20.1 Å². The SMILES string of the molecule is [2H]C([2H])([2H])c1cnc(-c2[c-]cc3ccc4ccccc4c3c2)cc1C([2H])([2H])[2H].[2H]c1nc2cccnc2n1-c1[c-]cccc1.[Ir]. The number of pyridine rings is 2. The van der Waals surface area contributed by atoms with E-state index in [-0.39, 0.29) is 37.5 Å². The summed E-state index contributed by atoms with van der Waals surface area (Å²) in [4.78, 5) is 12.6. The van der Waals surface area contributed by atoms with Crippen LogP contribution in [0.5, 0.6) is 0 Å². The average molecular weight is 676 g/mol. The number of hydrogen-bond acceptors (Lipinski definition) is 3. The summed E-state index contributed by atoms with van der Waals surface area (Å²) in [5.41, 5.74) is 2.75. The number of aromatic nitrogens is 4. The molecule has 1 radical (unpaired) electrons. The second-order valence-corrected chi connectivity index (χ2v) is 8.39. The molecule has 4 aromatic carbocycles. The molecule has 187 valence electrons. The fourth-order valence-electron chi connectivity index (χ4n) is 4.18. The minimum absolute atomic E-state index is 0. The van der Waals surface area contributed by atoms with Gasteiger partial charge in [-0.2, -0.15) is 24.3 Å². The van der Waals surface area contributed by atoms with Crippen molar-refractivity contribution in [3.05, 3.63) is 133 Å². The predicted molar refractivity (Wildman–Crippen MR) is 151 cm³/mol. The molecule has 3 aromatic heterocycles. The second kappa shape index (κ2) is 11.1. The van der Waals surface area contributed by atoms with E-state index in [1.807, 2.05) is 84.9 Å². The van der Waals surface area contributed by atoms with E-state index in [2.05, 4.69) is 27.1 Å². The number of imidazole rings is 1. The Hall–Kier alpha value is -4.18. The quantitative estimate of drug-likeness (QED) is 0.140. The fraction of sp³-hybridized carbons (Fsp3) is 0.0606. The van der Waals surface area contributed by atoms with Crippen LogP contribution in [0.25, 0.3) is 49.7 Å². The summed E-state index contributed by atoms with van der Waals surface area (Å²) in [6.07, 6.45) is 3.02. The Labute approximate surface area is 245 Å². The summed E-state index contributed by atoms with van der Waals surface area (Å²) in [7, 11) is 0. The zero-order valence-corrected chi connectivity index (χ0v) is 22.3. The summed E-state index contributed by atoms with van der Waals surface area (Å²) in [5, 5.41) is 4.19. The van der Waals surface area contributed by atoms with Crippen LogP contribution in [-0.4, -0.2) is 19.5 Å². The van der Waals surface area contributed by atoms with Gasteiger partial charge in [-0.1, -0.05) is 64.5 Å². The number of fused-ring (bicyclic) bond motifs is 4.